The van der Waals surface area contributed by atoms with E-state index in [1.807, 2.05) is 0 Å². The second-order valence-corrected chi connectivity index (χ2v) is 7.32. The van der Waals surface area contributed by atoms with Crippen LogP contribution in [0, 0.1) is 5.92 Å². The van der Waals surface area contributed by atoms with Gasteiger partial charge < -0.3 is 14.2 Å². The third kappa shape index (κ3) is 3.00. The minimum atomic E-state index is -3.37. The predicted octanol–water partition coefficient (Wildman–Crippen LogP) is -0.352. The van der Waals surface area contributed by atoms with Crippen molar-refractivity contribution in [2.75, 3.05) is 52.6 Å². The Balaban J connectivity index is 1.65. The average molecular weight is 306 g/mol. The molecule has 0 aromatic carbocycles. The molecule has 116 valence electrons. The van der Waals surface area contributed by atoms with Crippen LogP contribution in [0.3, 0.4) is 0 Å². The molecular weight excluding hydrogens is 284 g/mol. The van der Waals surface area contributed by atoms with Gasteiger partial charge in [0, 0.05) is 32.1 Å². The molecule has 0 aromatic rings. The van der Waals surface area contributed by atoms with Crippen molar-refractivity contribution in [3.05, 3.63) is 0 Å². The van der Waals surface area contributed by atoms with Gasteiger partial charge in [-0.05, 0) is 12.8 Å². The Labute approximate surface area is 119 Å². The average Bonchev–Trinajstić information content (AvgIpc) is 3.03. The van der Waals surface area contributed by atoms with Gasteiger partial charge in [0.2, 0.25) is 0 Å². The number of rotatable bonds is 3. The molecule has 3 aliphatic heterocycles. The fourth-order valence-corrected chi connectivity index (χ4v) is 4.67. The molecule has 0 radical (unpaired) electrons. The number of nitrogens with zero attached hydrogens (tertiary/aromatic N) is 2. The lowest BCUT2D eigenvalue weighted by Crippen LogP contribution is -2.52. The van der Waals surface area contributed by atoms with E-state index in [4.69, 9.17) is 14.2 Å². The summed E-state index contributed by atoms with van der Waals surface area (Å²) in [5, 5.41) is 0. The van der Waals surface area contributed by atoms with Crippen molar-refractivity contribution in [3.63, 3.8) is 0 Å². The Kier molecular flexibility index (Phi) is 4.58. The molecule has 0 aromatic heterocycles. The molecule has 20 heavy (non-hydrogen) atoms. The highest BCUT2D eigenvalue weighted by Gasteiger charge is 2.38. The highest BCUT2D eigenvalue weighted by Crippen LogP contribution is 2.27. The molecule has 0 amide bonds. The van der Waals surface area contributed by atoms with E-state index in [1.165, 1.54) is 4.31 Å². The molecule has 0 aliphatic carbocycles. The van der Waals surface area contributed by atoms with Crippen LogP contribution in [-0.2, 0) is 24.4 Å². The molecule has 0 unspecified atom stereocenters. The first-order chi connectivity index (χ1) is 9.68. The standard InChI is InChI=1S/C12H22N2O5S/c15-20(16,13-4-6-17-7-5-13)14-3-1-2-11(10-14)12-18-8-9-19-12/h11-12H,1-10H2/t11-/m0/s1. The Morgan fingerprint density at radius 2 is 1.60 bits per heavy atom. The summed E-state index contributed by atoms with van der Waals surface area (Å²) >= 11 is 0. The highest BCUT2D eigenvalue weighted by molar-refractivity contribution is 7.86. The second kappa shape index (κ2) is 6.25. The largest absolute Gasteiger partial charge is 0.379 e. The summed E-state index contributed by atoms with van der Waals surface area (Å²) in [5.41, 5.74) is 0. The van der Waals surface area contributed by atoms with Crippen LogP contribution in [0.4, 0.5) is 0 Å². The molecule has 0 bridgehead atoms. The van der Waals surface area contributed by atoms with E-state index in [9.17, 15) is 8.42 Å². The fraction of sp³-hybridized carbons (Fsp3) is 1.00. The first-order valence-electron chi connectivity index (χ1n) is 7.24. The molecule has 7 nitrogen and oxygen atoms in total. The molecule has 3 saturated heterocycles. The van der Waals surface area contributed by atoms with E-state index in [2.05, 4.69) is 0 Å². The van der Waals surface area contributed by atoms with Crippen molar-refractivity contribution < 1.29 is 22.6 Å². The van der Waals surface area contributed by atoms with Gasteiger partial charge in [0.15, 0.2) is 6.29 Å². The zero-order chi connectivity index (χ0) is 14.0. The maximum atomic E-state index is 12.6. The van der Waals surface area contributed by atoms with Gasteiger partial charge in [-0.15, -0.1) is 0 Å². The highest BCUT2D eigenvalue weighted by atomic mass is 32.2. The monoisotopic (exact) mass is 306 g/mol. The lowest BCUT2D eigenvalue weighted by atomic mass is 9.99. The first kappa shape index (κ1) is 14.7. The van der Waals surface area contributed by atoms with E-state index in [0.29, 0.717) is 52.6 Å². The maximum Gasteiger partial charge on any atom is 0.282 e. The molecular formula is C12H22N2O5S. The van der Waals surface area contributed by atoms with Gasteiger partial charge in [0.1, 0.15) is 0 Å². The van der Waals surface area contributed by atoms with Crippen LogP contribution in [0.2, 0.25) is 0 Å². The topological polar surface area (TPSA) is 68.3 Å². The van der Waals surface area contributed by atoms with Crippen molar-refractivity contribution >= 4 is 10.2 Å². The zero-order valence-electron chi connectivity index (χ0n) is 11.6. The molecule has 3 aliphatic rings. The van der Waals surface area contributed by atoms with Crippen molar-refractivity contribution in [1.29, 1.82) is 0 Å². The third-order valence-corrected chi connectivity index (χ3v) is 6.08. The number of piperidine rings is 1. The van der Waals surface area contributed by atoms with Crippen molar-refractivity contribution in [1.82, 2.24) is 8.61 Å². The van der Waals surface area contributed by atoms with Gasteiger partial charge in [-0.1, -0.05) is 0 Å². The fourth-order valence-electron chi connectivity index (χ4n) is 3.00. The van der Waals surface area contributed by atoms with Gasteiger partial charge >= 0.3 is 0 Å². The van der Waals surface area contributed by atoms with E-state index in [0.717, 1.165) is 12.8 Å². The maximum absolute atomic E-state index is 12.6. The van der Waals surface area contributed by atoms with Crippen LogP contribution < -0.4 is 0 Å². The molecule has 3 heterocycles. The summed E-state index contributed by atoms with van der Waals surface area (Å²) in [6.07, 6.45) is 1.58. The molecule has 0 saturated carbocycles. The van der Waals surface area contributed by atoms with Gasteiger partial charge in [-0.25, -0.2) is 0 Å². The summed E-state index contributed by atoms with van der Waals surface area (Å²) in [6.45, 7) is 4.14. The number of morpholine rings is 1. The number of hydrogen-bond acceptors (Lipinski definition) is 5. The predicted molar refractivity (Wildman–Crippen MR) is 71.3 cm³/mol. The molecule has 1 atom stereocenters. The molecule has 0 N–H and O–H groups in total. The van der Waals surface area contributed by atoms with Crippen LogP contribution in [-0.4, -0.2) is 75.9 Å². The quantitative estimate of drug-likeness (QED) is 0.713. The zero-order valence-corrected chi connectivity index (χ0v) is 12.4. The smallest absolute Gasteiger partial charge is 0.282 e. The number of ether oxygens (including phenoxy) is 3. The van der Waals surface area contributed by atoms with Crippen LogP contribution in [0.25, 0.3) is 0 Å². The molecule has 0 spiro atoms. The first-order valence-corrected chi connectivity index (χ1v) is 8.64. The van der Waals surface area contributed by atoms with Gasteiger partial charge in [-0.3, -0.25) is 0 Å². The SMILES string of the molecule is O=S(=O)(N1CCOCC1)N1CCC[C@H](C2OCCO2)C1. The Morgan fingerprint density at radius 1 is 0.900 bits per heavy atom. The van der Waals surface area contributed by atoms with Crippen LogP contribution >= 0.6 is 0 Å². The lowest BCUT2D eigenvalue weighted by molar-refractivity contribution is -0.0944. The summed E-state index contributed by atoms with van der Waals surface area (Å²) in [7, 11) is -3.37. The minimum absolute atomic E-state index is 0.141. The van der Waals surface area contributed by atoms with E-state index in [-0.39, 0.29) is 12.2 Å². The van der Waals surface area contributed by atoms with Crippen LogP contribution in [0.1, 0.15) is 12.8 Å². The van der Waals surface area contributed by atoms with Gasteiger partial charge in [0.05, 0.1) is 26.4 Å². The normalized spacial score (nSPS) is 31.7. The van der Waals surface area contributed by atoms with Gasteiger partial charge in [-0.2, -0.15) is 17.0 Å². The third-order valence-electron chi connectivity index (χ3n) is 4.08. The molecule has 8 heteroatoms. The summed E-state index contributed by atoms with van der Waals surface area (Å²) < 4.78 is 44.6. The molecule has 3 rings (SSSR count). The molecule has 3 fully saturated rings. The Hall–Kier alpha value is -0.250. The van der Waals surface area contributed by atoms with Crippen molar-refractivity contribution in [3.8, 4) is 0 Å². The van der Waals surface area contributed by atoms with E-state index in [1.54, 1.807) is 4.31 Å². The lowest BCUT2D eigenvalue weighted by Gasteiger charge is -2.37. The Morgan fingerprint density at radius 3 is 2.30 bits per heavy atom. The second-order valence-electron chi connectivity index (χ2n) is 5.39. The Bertz CT molecular complexity index is 418. The summed E-state index contributed by atoms with van der Waals surface area (Å²) in [6, 6.07) is 0. The summed E-state index contributed by atoms with van der Waals surface area (Å²) in [4.78, 5) is 0. The van der Waals surface area contributed by atoms with E-state index >= 15 is 0 Å². The van der Waals surface area contributed by atoms with Crippen LogP contribution in [0.15, 0.2) is 0 Å². The minimum Gasteiger partial charge on any atom is -0.379 e. The van der Waals surface area contributed by atoms with Crippen molar-refractivity contribution in [2.24, 2.45) is 5.92 Å². The van der Waals surface area contributed by atoms with Gasteiger partial charge in [0.25, 0.3) is 10.2 Å². The van der Waals surface area contributed by atoms with Crippen LogP contribution in [0.5, 0.6) is 0 Å². The number of hydrogen-bond donors (Lipinski definition) is 0. The van der Waals surface area contributed by atoms with E-state index < -0.39 is 10.2 Å². The summed E-state index contributed by atoms with van der Waals surface area (Å²) in [5.74, 6) is 0.141. The van der Waals surface area contributed by atoms with Crippen molar-refractivity contribution in [2.45, 2.75) is 19.1 Å².